The molecule has 3 aromatic rings. The highest BCUT2D eigenvalue weighted by atomic mass is 35.5. The number of carbonyl (C=O) groups is 1. The number of amides is 1. The fourth-order valence-electron chi connectivity index (χ4n) is 2.81. The first kappa shape index (κ1) is 16.3. The summed E-state index contributed by atoms with van der Waals surface area (Å²) >= 11 is 6.07. The number of ether oxygens (including phenoxy) is 1. The number of nitrogens with two attached hydrogens (primary N) is 1. The van der Waals surface area contributed by atoms with Gasteiger partial charge in [0, 0.05) is 22.9 Å². The lowest BCUT2D eigenvalue weighted by molar-refractivity contribution is -0.117. The van der Waals surface area contributed by atoms with Crippen molar-refractivity contribution in [2.75, 3.05) is 10.6 Å². The Morgan fingerprint density at radius 1 is 1.12 bits per heavy atom. The van der Waals surface area contributed by atoms with E-state index in [-0.39, 0.29) is 11.7 Å². The van der Waals surface area contributed by atoms with E-state index in [1.807, 2.05) is 18.2 Å². The van der Waals surface area contributed by atoms with Crippen LogP contribution in [0, 0.1) is 0 Å². The summed E-state index contributed by atoms with van der Waals surface area (Å²) in [7, 11) is 0. The van der Waals surface area contributed by atoms with E-state index in [4.69, 9.17) is 26.5 Å². The standard InChI is InChI=1S/C20H15ClN2O3/c21-14-4-1-3-13(9-14)12-23-17-7-6-15(22)10-18(17)26-19(20(23)24)11-16-5-2-8-25-16/h1-11H,12,22H2/b19-11+. The molecule has 2 N–H and O–H groups in total. The van der Waals surface area contributed by atoms with Gasteiger partial charge in [-0.1, -0.05) is 23.7 Å². The number of benzene rings is 2. The van der Waals surface area contributed by atoms with E-state index in [0.29, 0.717) is 34.5 Å². The number of fused-ring (bicyclic) bond motifs is 1. The van der Waals surface area contributed by atoms with Crippen molar-refractivity contribution in [2.45, 2.75) is 6.54 Å². The average molecular weight is 367 g/mol. The first-order chi connectivity index (χ1) is 12.6. The van der Waals surface area contributed by atoms with Crippen LogP contribution in [0.1, 0.15) is 11.3 Å². The number of halogens is 1. The first-order valence-corrected chi connectivity index (χ1v) is 8.37. The van der Waals surface area contributed by atoms with E-state index in [1.165, 1.54) is 6.26 Å². The van der Waals surface area contributed by atoms with E-state index >= 15 is 0 Å². The number of nitrogens with zero attached hydrogens (tertiary/aromatic N) is 1. The summed E-state index contributed by atoms with van der Waals surface area (Å²) in [5, 5.41) is 0.618. The van der Waals surface area contributed by atoms with Crippen LogP contribution >= 0.6 is 11.6 Å². The minimum absolute atomic E-state index is 0.167. The molecule has 0 atom stereocenters. The molecule has 4 rings (SSSR count). The van der Waals surface area contributed by atoms with Crippen molar-refractivity contribution in [1.82, 2.24) is 0 Å². The molecule has 0 saturated heterocycles. The van der Waals surface area contributed by atoms with Gasteiger partial charge >= 0.3 is 0 Å². The third-order valence-electron chi connectivity index (χ3n) is 4.00. The summed E-state index contributed by atoms with van der Waals surface area (Å²) in [4.78, 5) is 14.7. The Bertz CT molecular complexity index is 996. The number of rotatable bonds is 3. The molecule has 2 heterocycles. The molecule has 1 amide bonds. The van der Waals surface area contributed by atoms with Gasteiger partial charge < -0.3 is 14.9 Å². The molecular formula is C20H15ClN2O3. The summed E-state index contributed by atoms with van der Waals surface area (Å²) < 4.78 is 11.1. The maximum Gasteiger partial charge on any atom is 0.294 e. The molecule has 0 bridgehead atoms. The maximum atomic E-state index is 13.0. The van der Waals surface area contributed by atoms with Crippen molar-refractivity contribution in [1.29, 1.82) is 0 Å². The van der Waals surface area contributed by atoms with Crippen molar-refractivity contribution < 1.29 is 13.9 Å². The third kappa shape index (κ3) is 3.17. The summed E-state index contributed by atoms with van der Waals surface area (Å²) in [5.74, 6) is 0.951. The Kier molecular flexibility index (Phi) is 4.14. The monoisotopic (exact) mass is 366 g/mol. The summed E-state index contributed by atoms with van der Waals surface area (Å²) in [6.07, 6.45) is 3.11. The van der Waals surface area contributed by atoms with Crippen LogP contribution in [0.2, 0.25) is 5.02 Å². The fourth-order valence-corrected chi connectivity index (χ4v) is 3.02. The summed E-state index contributed by atoms with van der Waals surface area (Å²) in [6, 6.07) is 16.1. The molecule has 1 aliphatic heterocycles. The topological polar surface area (TPSA) is 68.7 Å². The highest BCUT2D eigenvalue weighted by Crippen LogP contribution is 2.38. The van der Waals surface area contributed by atoms with Gasteiger partial charge in [-0.15, -0.1) is 0 Å². The van der Waals surface area contributed by atoms with Crippen LogP contribution in [0.3, 0.4) is 0 Å². The molecule has 0 fully saturated rings. The molecule has 26 heavy (non-hydrogen) atoms. The third-order valence-corrected chi connectivity index (χ3v) is 4.23. The van der Waals surface area contributed by atoms with Crippen LogP contribution < -0.4 is 15.4 Å². The number of carbonyl (C=O) groups excluding carboxylic acids is 1. The largest absolute Gasteiger partial charge is 0.465 e. The van der Waals surface area contributed by atoms with Gasteiger partial charge in [-0.2, -0.15) is 0 Å². The first-order valence-electron chi connectivity index (χ1n) is 7.99. The number of hydrogen-bond acceptors (Lipinski definition) is 4. The SMILES string of the molecule is Nc1ccc2c(c1)O/C(=C/c1ccco1)C(=O)N2Cc1cccc(Cl)c1. The van der Waals surface area contributed by atoms with Crippen LogP contribution in [-0.4, -0.2) is 5.91 Å². The predicted molar refractivity (Wildman–Crippen MR) is 101 cm³/mol. The molecular weight excluding hydrogens is 352 g/mol. The van der Waals surface area contributed by atoms with Gasteiger partial charge in [-0.3, -0.25) is 9.69 Å². The van der Waals surface area contributed by atoms with Crippen molar-refractivity contribution >= 4 is 35.0 Å². The zero-order chi connectivity index (χ0) is 18.1. The molecule has 6 heteroatoms. The molecule has 0 saturated carbocycles. The summed E-state index contributed by atoms with van der Waals surface area (Å²) in [6.45, 7) is 0.356. The number of furan rings is 1. The van der Waals surface area contributed by atoms with Gasteiger partial charge in [0.1, 0.15) is 5.76 Å². The van der Waals surface area contributed by atoms with E-state index in [0.717, 1.165) is 5.56 Å². The molecule has 0 aliphatic carbocycles. The minimum Gasteiger partial charge on any atom is -0.465 e. The molecule has 1 aromatic heterocycles. The fraction of sp³-hybridized carbons (Fsp3) is 0.0500. The minimum atomic E-state index is -0.265. The van der Waals surface area contributed by atoms with E-state index < -0.39 is 0 Å². The molecule has 2 aromatic carbocycles. The smallest absolute Gasteiger partial charge is 0.294 e. The van der Waals surface area contributed by atoms with Crippen molar-refractivity contribution in [2.24, 2.45) is 0 Å². The predicted octanol–water partition coefficient (Wildman–Crippen LogP) is 4.48. The molecule has 1 aliphatic rings. The molecule has 0 spiro atoms. The zero-order valence-corrected chi connectivity index (χ0v) is 14.4. The van der Waals surface area contributed by atoms with E-state index in [2.05, 4.69) is 0 Å². The van der Waals surface area contributed by atoms with Crippen molar-refractivity contribution in [3.05, 3.63) is 83.0 Å². The second kappa shape index (κ2) is 6.61. The van der Waals surface area contributed by atoms with Crippen molar-refractivity contribution in [3.8, 4) is 5.75 Å². The van der Waals surface area contributed by atoms with E-state index in [1.54, 1.807) is 47.4 Å². The van der Waals surface area contributed by atoms with Gasteiger partial charge in [0.2, 0.25) is 0 Å². The summed E-state index contributed by atoms with van der Waals surface area (Å²) in [5.41, 5.74) is 7.99. The average Bonchev–Trinajstić information content (AvgIpc) is 3.11. The molecule has 130 valence electrons. The Morgan fingerprint density at radius 3 is 2.77 bits per heavy atom. The van der Waals surface area contributed by atoms with Gasteiger partial charge in [0.15, 0.2) is 11.5 Å². The maximum absolute atomic E-state index is 13.0. The van der Waals surface area contributed by atoms with Crippen LogP contribution in [0.5, 0.6) is 5.75 Å². The van der Waals surface area contributed by atoms with Crippen LogP contribution in [0.25, 0.3) is 6.08 Å². The van der Waals surface area contributed by atoms with E-state index in [9.17, 15) is 4.79 Å². The van der Waals surface area contributed by atoms with Crippen LogP contribution in [-0.2, 0) is 11.3 Å². The number of hydrogen-bond donors (Lipinski definition) is 1. The van der Waals surface area contributed by atoms with Crippen LogP contribution in [0.15, 0.2) is 71.0 Å². The van der Waals surface area contributed by atoms with Crippen molar-refractivity contribution in [3.63, 3.8) is 0 Å². The lowest BCUT2D eigenvalue weighted by Crippen LogP contribution is -2.36. The van der Waals surface area contributed by atoms with Gasteiger partial charge in [-0.25, -0.2) is 0 Å². The number of nitrogen functional groups attached to an aromatic ring is 1. The second-order valence-corrected chi connectivity index (χ2v) is 6.31. The Morgan fingerprint density at radius 2 is 2.00 bits per heavy atom. The highest BCUT2D eigenvalue weighted by molar-refractivity contribution is 6.30. The molecule has 0 unspecified atom stereocenters. The quantitative estimate of drug-likeness (QED) is 0.548. The van der Waals surface area contributed by atoms with Gasteiger partial charge in [0.05, 0.1) is 18.5 Å². The Labute approximate surface area is 155 Å². The second-order valence-electron chi connectivity index (χ2n) is 5.87. The molecule has 5 nitrogen and oxygen atoms in total. The normalized spacial score (nSPS) is 15.0. The lowest BCUT2D eigenvalue weighted by Gasteiger charge is -2.30. The Hall–Kier alpha value is -3.18. The highest BCUT2D eigenvalue weighted by Gasteiger charge is 2.30. The lowest BCUT2D eigenvalue weighted by atomic mass is 10.1. The van der Waals surface area contributed by atoms with Gasteiger partial charge in [0.25, 0.3) is 5.91 Å². The number of anilines is 2. The molecule has 0 radical (unpaired) electrons. The Balaban J connectivity index is 1.76. The van der Waals surface area contributed by atoms with Gasteiger partial charge in [-0.05, 0) is 42.0 Å². The van der Waals surface area contributed by atoms with Crippen LogP contribution in [0.4, 0.5) is 11.4 Å². The zero-order valence-electron chi connectivity index (χ0n) is 13.7.